The summed E-state index contributed by atoms with van der Waals surface area (Å²) in [5.74, 6) is -0.745. The maximum absolute atomic E-state index is 12.9. The van der Waals surface area contributed by atoms with Gasteiger partial charge in [0.15, 0.2) is 0 Å². The maximum atomic E-state index is 12.9. The second-order valence-electron chi connectivity index (χ2n) is 4.67. The molecular weight excluding hydrogens is 289 g/mol. The molecule has 1 aliphatic rings. The van der Waals surface area contributed by atoms with Crippen molar-refractivity contribution in [3.63, 3.8) is 0 Å². The van der Waals surface area contributed by atoms with Crippen LogP contribution in [-0.4, -0.2) is 17.1 Å². The fourth-order valence-electron chi connectivity index (χ4n) is 2.22. The van der Waals surface area contributed by atoms with Crippen LogP contribution >= 0.6 is 11.8 Å². The average Bonchev–Trinajstić information content (AvgIpc) is 2.77. The number of rotatable bonds is 3. The number of imide groups is 1. The fourth-order valence-corrected chi connectivity index (χ4v) is 3.28. The molecule has 0 N–H and O–H groups in total. The smallest absolute Gasteiger partial charge is 0.247 e. The van der Waals surface area contributed by atoms with Crippen molar-refractivity contribution in [3.8, 4) is 0 Å². The Morgan fingerprint density at radius 3 is 2.33 bits per heavy atom. The first-order valence-electron chi connectivity index (χ1n) is 6.49. The minimum absolute atomic E-state index is 0.162. The van der Waals surface area contributed by atoms with Gasteiger partial charge in [-0.05, 0) is 36.4 Å². The van der Waals surface area contributed by atoms with Gasteiger partial charge >= 0.3 is 0 Å². The van der Waals surface area contributed by atoms with Gasteiger partial charge in [0, 0.05) is 11.3 Å². The standard InChI is InChI=1S/C16H12FNO2S/c17-11-6-8-13(9-7-11)21-14-10-15(19)18(16(14)20)12-4-2-1-3-5-12/h1-9,14H,10H2/t14-/m1/s1. The first-order chi connectivity index (χ1) is 10.1. The lowest BCUT2D eigenvalue weighted by atomic mass is 10.3. The quantitative estimate of drug-likeness (QED) is 0.817. The predicted molar refractivity (Wildman–Crippen MR) is 79.6 cm³/mol. The highest BCUT2D eigenvalue weighted by Crippen LogP contribution is 2.33. The number of hydrogen-bond donors (Lipinski definition) is 0. The van der Waals surface area contributed by atoms with Gasteiger partial charge in [-0.2, -0.15) is 0 Å². The number of carbonyl (C=O) groups excluding carboxylic acids is 2. The summed E-state index contributed by atoms with van der Waals surface area (Å²) in [7, 11) is 0. The van der Waals surface area contributed by atoms with Crippen LogP contribution in [-0.2, 0) is 9.59 Å². The van der Waals surface area contributed by atoms with Gasteiger partial charge in [0.05, 0.1) is 10.9 Å². The van der Waals surface area contributed by atoms with E-state index in [1.165, 1.54) is 28.8 Å². The summed E-state index contributed by atoms with van der Waals surface area (Å²) in [6, 6.07) is 14.8. The highest BCUT2D eigenvalue weighted by Gasteiger charge is 2.39. The molecule has 1 atom stereocenters. The van der Waals surface area contributed by atoms with Crippen molar-refractivity contribution in [2.45, 2.75) is 16.6 Å². The lowest BCUT2D eigenvalue weighted by Gasteiger charge is -2.14. The molecule has 0 radical (unpaired) electrons. The number of anilines is 1. The maximum Gasteiger partial charge on any atom is 0.247 e. The van der Waals surface area contributed by atoms with E-state index in [1.807, 2.05) is 6.07 Å². The Morgan fingerprint density at radius 1 is 1.00 bits per heavy atom. The van der Waals surface area contributed by atoms with E-state index >= 15 is 0 Å². The minimum atomic E-state index is -0.455. The van der Waals surface area contributed by atoms with Crippen LogP contribution in [0.15, 0.2) is 59.5 Å². The summed E-state index contributed by atoms with van der Waals surface area (Å²) in [5.41, 5.74) is 0.592. The number of thioether (sulfide) groups is 1. The third-order valence-electron chi connectivity index (χ3n) is 3.21. The van der Waals surface area contributed by atoms with Crippen molar-refractivity contribution in [2.75, 3.05) is 4.90 Å². The van der Waals surface area contributed by atoms with Gasteiger partial charge in [-0.15, -0.1) is 11.8 Å². The fraction of sp³-hybridized carbons (Fsp3) is 0.125. The number of carbonyl (C=O) groups is 2. The number of benzene rings is 2. The van der Waals surface area contributed by atoms with Gasteiger partial charge in [-0.25, -0.2) is 9.29 Å². The zero-order chi connectivity index (χ0) is 14.8. The highest BCUT2D eigenvalue weighted by atomic mass is 32.2. The number of halogens is 1. The Morgan fingerprint density at radius 2 is 1.67 bits per heavy atom. The second kappa shape index (κ2) is 5.69. The summed E-state index contributed by atoms with van der Waals surface area (Å²) >= 11 is 1.29. The van der Waals surface area contributed by atoms with E-state index in [2.05, 4.69) is 0 Å². The number of amides is 2. The second-order valence-corrected chi connectivity index (χ2v) is 5.94. The van der Waals surface area contributed by atoms with Crippen molar-refractivity contribution < 1.29 is 14.0 Å². The normalized spacial score (nSPS) is 18.3. The zero-order valence-electron chi connectivity index (χ0n) is 11.0. The SMILES string of the molecule is O=C1C[C@@H](Sc2ccc(F)cc2)C(=O)N1c1ccccc1. The first-order valence-corrected chi connectivity index (χ1v) is 7.37. The molecule has 21 heavy (non-hydrogen) atoms. The Kier molecular flexibility index (Phi) is 3.75. The van der Waals surface area contributed by atoms with Crippen molar-refractivity contribution in [1.29, 1.82) is 0 Å². The van der Waals surface area contributed by atoms with Gasteiger partial charge in [0.2, 0.25) is 11.8 Å². The lowest BCUT2D eigenvalue weighted by Crippen LogP contribution is -2.30. The molecule has 1 saturated heterocycles. The van der Waals surface area contributed by atoms with E-state index in [9.17, 15) is 14.0 Å². The van der Waals surface area contributed by atoms with Crippen LogP contribution in [0.3, 0.4) is 0 Å². The van der Waals surface area contributed by atoms with Crippen LogP contribution in [0.2, 0.25) is 0 Å². The molecule has 2 aromatic rings. The average molecular weight is 301 g/mol. The molecule has 2 aromatic carbocycles. The molecule has 2 amide bonds. The molecule has 1 fully saturated rings. The van der Waals surface area contributed by atoms with Gasteiger partial charge in [-0.1, -0.05) is 18.2 Å². The molecule has 1 aliphatic heterocycles. The number of para-hydroxylation sites is 1. The van der Waals surface area contributed by atoms with Gasteiger partial charge in [0.1, 0.15) is 5.82 Å². The zero-order valence-corrected chi connectivity index (χ0v) is 11.8. The predicted octanol–water partition coefficient (Wildman–Crippen LogP) is 3.25. The van der Waals surface area contributed by atoms with Gasteiger partial charge in [-0.3, -0.25) is 9.59 Å². The van der Waals surface area contributed by atoms with Gasteiger partial charge < -0.3 is 0 Å². The van der Waals surface area contributed by atoms with E-state index in [0.717, 1.165) is 4.90 Å². The molecular formula is C16H12FNO2S. The third-order valence-corrected chi connectivity index (χ3v) is 4.41. The third kappa shape index (κ3) is 2.83. The van der Waals surface area contributed by atoms with Crippen LogP contribution in [0.25, 0.3) is 0 Å². The first kappa shape index (κ1) is 13.8. The number of hydrogen-bond acceptors (Lipinski definition) is 3. The molecule has 106 valence electrons. The summed E-state index contributed by atoms with van der Waals surface area (Å²) < 4.78 is 12.9. The van der Waals surface area contributed by atoms with Gasteiger partial charge in [0.25, 0.3) is 0 Å². The Balaban J connectivity index is 1.79. The molecule has 1 heterocycles. The Labute approximate surface area is 125 Å². The topological polar surface area (TPSA) is 37.4 Å². The van der Waals surface area contributed by atoms with Crippen LogP contribution in [0.1, 0.15) is 6.42 Å². The van der Waals surface area contributed by atoms with E-state index in [-0.39, 0.29) is 24.1 Å². The van der Waals surface area contributed by atoms with Crippen molar-refractivity contribution in [3.05, 3.63) is 60.4 Å². The summed E-state index contributed by atoms with van der Waals surface area (Å²) in [6.07, 6.45) is 0.162. The summed E-state index contributed by atoms with van der Waals surface area (Å²) in [5, 5.41) is -0.455. The molecule has 0 aliphatic carbocycles. The Bertz CT molecular complexity index is 672. The van der Waals surface area contributed by atoms with Crippen LogP contribution < -0.4 is 4.90 Å². The van der Waals surface area contributed by atoms with E-state index in [0.29, 0.717) is 5.69 Å². The van der Waals surface area contributed by atoms with Crippen LogP contribution in [0, 0.1) is 5.82 Å². The highest BCUT2D eigenvalue weighted by molar-refractivity contribution is 8.00. The van der Waals surface area contributed by atoms with E-state index in [1.54, 1.807) is 36.4 Å². The lowest BCUT2D eigenvalue weighted by molar-refractivity contribution is -0.121. The summed E-state index contributed by atoms with van der Waals surface area (Å²) in [4.78, 5) is 26.5. The molecule has 0 saturated carbocycles. The molecule has 0 aromatic heterocycles. The van der Waals surface area contributed by atoms with Crippen molar-refractivity contribution in [1.82, 2.24) is 0 Å². The van der Waals surface area contributed by atoms with Crippen molar-refractivity contribution >= 4 is 29.3 Å². The molecule has 3 nitrogen and oxygen atoms in total. The summed E-state index contributed by atoms with van der Waals surface area (Å²) in [6.45, 7) is 0. The molecule has 0 unspecified atom stereocenters. The largest absolute Gasteiger partial charge is 0.274 e. The Hall–Kier alpha value is -2.14. The molecule has 5 heteroatoms. The molecule has 0 bridgehead atoms. The minimum Gasteiger partial charge on any atom is -0.274 e. The molecule has 0 spiro atoms. The van der Waals surface area contributed by atoms with Crippen LogP contribution in [0.4, 0.5) is 10.1 Å². The van der Waals surface area contributed by atoms with Crippen molar-refractivity contribution in [2.24, 2.45) is 0 Å². The molecule has 3 rings (SSSR count). The van der Waals surface area contributed by atoms with E-state index in [4.69, 9.17) is 0 Å². The monoisotopic (exact) mass is 301 g/mol. The van der Waals surface area contributed by atoms with E-state index < -0.39 is 5.25 Å². The number of nitrogens with zero attached hydrogens (tertiary/aromatic N) is 1. The van der Waals surface area contributed by atoms with Crippen LogP contribution in [0.5, 0.6) is 0 Å².